The van der Waals surface area contributed by atoms with Gasteiger partial charge in [-0.1, -0.05) is 29.8 Å². The molecular weight excluding hydrogens is 405 g/mol. The molecule has 1 aliphatic rings. The van der Waals surface area contributed by atoms with Crippen LogP contribution >= 0.6 is 11.6 Å². The largest absolute Gasteiger partial charge is 0.481 e. The number of amides is 2. The Hall–Kier alpha value is -2.86. The summed E-state index contributed by atoms with van der Waals surface area (Å²) in [5.74, 6) is 0.414. The molecule has 0 spiro atoms. The Morgan fingerprint density at radius 3 is 2.67 bits per heavy atom. The summed E-state index contributed by atoms with van der Waals surface area (Å²) in [7, 11) is 1.60. The van der Waals surface area contributed by atoms with Crippen molar-refractivity contribution in [3.8, 4) is 5.88 Å². The van der Waals surface area contributed by atoms with Crippen LogP contribution in [0.3, 0.4) is 0 Å². The van der Waals surface area contributed by atoms with Gasteiger partial charge in [0.25, 0.3) is 0 Å². The van der Waals surface area contributed by atoms with Crippen molar-refractivity contribution in [2.24, 2.45) is 5.92 Å². The molecule has 1 saturated carbocycles. The molecule has 1 aliphatic carbocycles. The predicted molar refractivity (Wildman–Crippen MR) is 117 cm³/mol. The number of fused-ring (bicyclic) bond motifs is 1. The van der Waals surface area contributed by atoms with Gasteiger partial charge in [-0.3, -0.25) is 0 Å². The molecule has 1 heterocycles. The second-order valence-corrected chi connectivity index (χ2v) is 7.80. The summed E-state index contributed by atoms with van der Waals surface area (Å²) in [5.41, 5.74) is 1.46. The Kier molecular flexibility index (Phi) is 5.77. The smallest absolute Gasteiger partial charge is 0.322 e. The van der Waals surface area contributed by atoms with Crippen LogP contribution in [0.25, 0.3) is 10.8 Å². The second-order valence-electron chi connectivity index (χ2n) is 7.40. The van der Waals surface area contributed by atoms with E-state index in [1.165, 1.54) is 18.2 Å². The number of urea groups is 1. The van der Waals surface area contributed by atoms with Crippen LogP contribution in [0.15, 0.2) is 48.7 Å². The molecule has 4 rings (SSSR count). The number of carbonyl (C=O) groups excluding carboxylic acids is 1. The van der Waals surface area contributed by atoms with Gasteiger partial charge >= 0.3 is 6.03 Å². The maximum Gasteiger partial charge on any atom is 0.322 e. The lowest BCUT2D eigenvalue weighted by atomic mass is 9.96. The maximum absolute atomic E-state index is 13.5. The number of methoxy groups -OCH3 is 1. The van der Waals surface area contributed by atoms with Crippen molar-refractivity contribution in [2.45, 2.75) is 25.8 Å². The van der Waals surface area contributed by atoms with Crippen LogP contribution in [0, 0.1) is 11.7 Å². The van der Waals surface area contributed by atoms with Crippen LogP contribution in [-0.4, -0.2) is 29.6 Å². The minimum atomic E-state index is -0.520. The number of aromatic nitrogens is 1. The summed E-state index contributed by atoms with van der Waals surface area (Å²) >= 11 is 5.86. The molecule has 3 aromatic rings. The average Bonchev–Trinajstić information content (AvgIpc) is 3.59. The van der Waals surface area contributed by atoms with Crippen LogP contribution in [0.1, 0.15) is 31.4 Å². The van der Waals surface area contributed by atoms with Gasteiger partial charge in [-0.25, -0.2) is 14.2 Å². The van der Waals surface area contributed by atoms with E-state index in [9.17, 15) is 9.18 Å². The minimum Gasteiger partial charge on any atom is -0.481 e. The van der Waals surface area contributed by atoms with E-state index in [2.05, 4.69) is 10.3 Å². The van der Waals surface area contributed by atoms with E-state index in [4.69, 9.17) is 16.3 Å². The first-order valence-corrected chi connectivity index (χ1v) is 10.4. The van der Waals surface area contributed by atoms with Crippen LogP contribution < -0.4 is 10.1 Å². The Morgan fingerprint density at radius 1 is 1.30 bits per heavy atom. The first-order valence-electron chi connectivity index (χ1n) is 9.97. The molecule has 1 aromatic heterocycles. The Bertz CT molecular complexity index is 1090. The van der Waals surface area contributed by atoms with Crippen molar-refractivity contribution in [3.63, 3.8) is 0 Å². The van der Waals surface area contributed by atoms with E-state index in [0.29, 0.717) is 24.0 Å². The SMILES string of the molecule is CCN(C(=O)Nc1ccc(F)c(Cl)c1)[C@H](c1cnc(OC)c2ccccc12)C1CC1. The molecule has 0 radical (unpaired) electrons. The lowest BCUT2D eigenvalue weighted by Crippen LogP contribution is -2.39. The fourth-order valence-corrected chi connectivity index (χ4v) is 4.09. The number of pyridine rings is 1. The first-order chi connectivity index (χ1) is 14.5. The molecule has 0 saturated heterocycles. The predicted octanol–water partition coefficient (Wildman–Crippen LogP) is 6.04. The lowest BCUT2D eigenvalue weighted by molar-refractivity contribution is 0.183. The van der Waals surface area contributed by atoms with Gasteiger partial charge < -0.3 is 15.0 Å². The van der Waals surface area contributed by atoms with Crippen LogP contribution in [0.2, 0.25) is 5.02 Å². The number of ether oxygens (including phenoxy) is 1. The van der Waals surface area contributed by atoms with Gasteiger partial charge in [-0.2, -0.15) is 0 Å². The lowest BCUT2D eigenvalue weighted by Gasteiger charge is -2.32. The monoisotopic (exact) mass is 427 g/mol. The standard InChI is InChI=1S/C23H23ClFN3O2/c1-3-28(23(29)27-15-10-11-20(25)19(24)12-15)21(14-8-9-14)18-13-26-22(30-2)17-7-5-4-6-16(17)18/h4-7,10-14,21H,3,8-9H2,1-2H3,(H,27,29)/t21-/m0/s1. The molecule has 30 heavy (non-hydrogen) atoms. The number of hydrogen-bond acceptors (Lipinski definition) is 3. The van der Waals surface area contributed by atoms with Crippen molar-refractivity contribution >= 4 is 34.1 Å². The number of anilines is 1. The molecule has 5 nitrogen and oxygen atoms in total. The summed E-state index contributed by atoms with van der Waals surface area (Å²) < 4.78 is 18.9. The van der Waals surface area contributed by atoms with Gasteiger partial charge in [0.05, 0.1) is 18.2 Å². The molecule has 156 valence electrons. The van der Waals surface area contributed by atoms with Crippen molar-refractivity contribution in [2.75, 3.05) is 19.0 Å². The molecule has 1 N–H and O–H groups in total. The van der Waals surface area contributed by atoms with E-state index in [1.807, 2.05) is 42.3 Å². The van der Waals surface area contributed by atoms with E-state index in [1.54, 1.807) is 7.11 Å². The summed E-state index contributed by atoms with van der Waals surface area (Å²) in [4.78, 5) is 19.5. The van der Waals surface area contributed by atoms with Crippen molar-refractivity contribution in [1.82, 2.24) is 9.88 Å². The zero-order valence-corrected chi connectivity index (χ0v) is 17.6. The van der Waals surface area contributed by atoms with E-state index in [0.717, 1.165) is 29.2 Å². The highest BCUT2D eigenvalue weighted by molar-refractivity contribution is 6.31. The third kappa shape index (κ3) is 3.92. The number of carbonyl (C=O) groups is 1. The molecule has 1 fully saturated rings. The summed E-state index contributed by atoms with van der Waals surface area (Å²) in [6, 6.07) is 11.7. The van der Waals surface area contributed by atoms with Crippen LogP contribution in [0.5, 0.6) is 5.88 Å². The summed E-state index contributed by atoms with van der Waals surface area (Å²) in [6.07, 6.45) is 3.92. The molecular formula is C23H23ClFN3O2. The third-order valence-corrected chi connectivity index (χ3v) is 5.77. The van der Waals surface area contributed by atoms with Gasteiger partial charge in [0.1, 0.15) is 5.82 Å². The number of rotatable bonds is 6. The Morgan fingerprint density at radius 2 is 2.03 bits per heavy atom. The molecule has 0 unspecified atom stereocenters. The third-order valence-electron chi connectivity index (χ3n) is 5.48. The number of halogens is 2. The van der Waals surface area contributed by atoms with Crippen molar-refractivity contribution in [3.05, 3.63) is 65.1 Å². The Labute approximate surface area is 179 Å². The molecule has 1 atom stereocenters. The molecule has 2 aromatic carbocycles. The molecule has 7 heteroatoms. The van der Waals surface area contributed by atoms with Crippen molar-refractivity contribution < 1.29 is 13.9 Å². The highest BCUT2D eigenvalue weighted by Gasteiger charge is 2.39. The number of nitrogens with one attached hydrogen (secondary N) is 1. The zero-order chi connectivity index (χ0) is 21.3. The summed E-state index contributed by atoms with van der Waals surface area (Å²) in [6.45, 7) is 2.47. The molecule has 2 amide bonds. The van der Waals surface area contributed by atoms with Gasteiger partial charge in [0.2, 0.25) is 5.88 Å². The van der Waals surface area contributed by atoms with Gasteiger partial charge in [-0.05, 0) is 55.3 Å². The molecule has 0 aliphatic heterocycles. The topological polar surface area (TPSA) is 54.5 Å². The quantitative estimate of drug-likeness (QED) is 0.521. The van der Waals surface area contributed by atoms with Crippen LogP contribution in [-0.2, 0) is 0 Å². The Balaban J connectivity index is 1.70. The number of nitrogens with zero attached hydrogens (tertiary/aromatic N) is 2. The summed E-state index contributed by atoms with van der Waals surface area (Å²) in [5, 5.41) is 4.77. The van der Waals surface area contributed by atoms with Gasteiger partial charge in [0.15, 0.2) is 0 Å². The minimum absolute atomic E-state index is 0.0278. The van der Waals surface area contributed by atoms with Crippen molar-refractivity contribution in [1.29, 1.82) is 0 Å². The average molecular weight is 428 g/mol. The van der Waals surface area contributed by atoms with E-state index >= 15 is 0 Å². The number of hydrogen-bond donors (Lipinski definition) is 1. The highest BCUT2D eigenvalue weighted by atomic mass is 35.5. The number of benzene rings is 2. The van der Waals surface area contributed by atoms with Gasteiger partial charge in [0, 0.05) is 29.4 Å². The fourth-order valence-electron chi connectivity index (χ4n) is 3.91. The zero-order valence-electron chi connectivity index (χ0n) is 16.9. The second kappa shape index (κ2) is 8.48. The first kappa shape index (κ1) is 20.4. The van der Waals surface area contributed by atoms with E-state index < -0.39 is 5.82 Å². The molecule has 0 bridgehead atoms. The highest BCUT2D eigenvalue weighted by Crippen LogP contribution is 2.47. The van der Waals surface area contributed by atoms with Gasteiger partial charge in [-0.15, -0.1) is 0 Å². The fraction of sp³-hybridized carbons (Fsp3) is 0.304. The van der Waals surface area contributed by atoms with Crippen LogP contribution in [0.4, 0.5) is 14.9 Å². The normalized spacial score (nSPS) is 14.4. The van der Waals surface area contributed by atoms with E-state index in [-0.39, 0.29) is 17.1 Å². The maximum atomic E-state index is 13.5.